The van der Waals surface area contributed by atoms with E-state index in [4.69, 9.17) is 4.74 Å². The number of urea groups is 1. The van der Waals surface area contributed by atoms with Crippen molar-refractivity contribution in [2.75, 3.05) is 5.32 Å². The van der Waals surface area contributed by atoms with Crippen LogP contribution in [-0.4, -0.2) is 11.0 Å². The molecule has 0 spiro atoms. The molecule has 0 aliphatic carbocycles. The molecule has 2 amide bonds. The van der Waals surface area contributed by atoms with Crippen molar-refractivity contribution in [2.45, 2.75) is 39.2 Å². The SMILES string of the molecule is CC(NC(=O)Nc1cccnc1Oc1ccccc1C(C)(C)C)c1ccc(Br)cc1. The van der Waals surface area contributed by atoms with Crippen LogP contribution < -0.4 is 15.4 Å². The molecule has 3 aromatic rings. The fraction of sp³-hybridized carbons (Fsp3) is 0.250. The van der Waals surface area contributed by atoms with Gasteiger partial charge in [-0.1, -0.05) is 67.0 Å². The number of rotatable bonds is 5. The number of halogens is 1. The van der Waals surface area contributed by atoms with E-state index < -0.39 is 0 Å². The van der Waals surface area contributed by atoms with Gasteiger partial charge >= 0.3 is 6.03 Å². The molecule has 0 saturated carbocycles. The van der Waals surface area contributed by atoms with Crippen molar-refractivity contribution in [3.05, 3.63) is 82.5 Å². The summed E-state index contributed by atoms with van der Waals surface area (Å²) in [5.41, 5.74) is 2.49. The lowest BCUT2D eigenvalue weighted by molar-refractivity contribution is 0.249. The molecular formula is C24H26BrN3O2. The van der Waals surface area contributed by atoms with Crippen LogP contribution in [-0.2, 0) is 5.41 Å². The molecule has 0 radical (unpaired) electrons. The zero-order valence-corrected chi connectivity index (χ0v) is 19.2. The molecule has 2 aromatic carbocycles. The standard InChI is InChI=1S/C24H26BrN3O2/c1-16(17-11-13-18(25)14-12-17)27-23(29)28-20-9-7-15-26-22(20)30-21-10-6-5-8-19(21)24(2,3)4/h5-16H,1-4H3,(H2,27,28,29). The maximum absolute atomic E-state index is 12.6. The number of ether oxygens (including phenoxy) is 1. The Labute approximate surface area is 186 Å². The summed E-state index contributed by atoms with van der Waals surface area (Å²) >= 11 is 3.42. The van der Waals surface area contributed by atoms with Gasteiger partial charge in [0.2, 0.25) is 5.88 Å². The summed E-state index contributed by atoms with van der Waals surface area (Å²) in [5.74, 6) is 1.07. The Morgan fingerprint density at radius 1 is 1.03 bits per heavy atom. The van der Waals surface area contributed by atoms with E-state index in [2.05, 4.69) is 52.3 Å². The molecule has 0 fully saturated rings. The number of benzene rings is 2. The third-order valence-corrected chi connectivity index (χ3v) is 5.17. The topological polar surface area (TPSA) is 63.2 Å². The first-order valence-corrected chi connectivity index (χ1v) is 10.6. The van der Waals surface area contributed by atoms with Gasteiger partial charge in [0.05, 0.1) is 6.04 Å². The zero-order chi connectivity index (χ0) is 21.7. The van der Waals surface area contributed by atoms with Gasteiger partial charge in [-0.15, -0.1) is 0 Å². The summed E-state index contributed by atoms with van der Waals surface area (Å²) in [6.07, 6.45) is 1.64. The van der Waals surface area contributed by atoms with Crippen LogP contribution in [0.3, 0.4) is 0 Å². The largest absolute Gasteiger partial charge is 0.437 e. The van der Waals surface area contributed by atoms with Crippen molar-refractivity contribution in [3.8, 4) is 11.6 Å². The highest BCUT2D eigenvalue weighted by Crippen LogP contribution is 2.35. The molecule has 0 saturated heterocycles. The first kappa shape index (κ1) is 21.8. The lowest BCUT2D eigenvalue weighted by Gasteiger charge is -2.23. The minimum Gasteiger partial charge on any atom is -0.437 e. The maximum Gasteiger partial charge on any atom is 0.319 e. The lowest BCUT2D eigenvalue weighted by atomic mass is 9.86. The summed E-state index contributed by atoms with van der Waals surface area (Å²) in [6, 6.07) is 18.8. The number of hydrogen-bond acceptors (Lipinski definition) is 3. The molecule has 5 nitrogen and oxygen atoms in total. The van der Waals surface area contributed by atoms with Gasteiger partial charge in [0.1, 0.15) is 11.4 Å². The van der Waals surface area contributed by atoms with Crippen molar-refractivity contribution in [2.24, 2.45) is 0 Å². The van der Waals surface area contributed by atoms with Crippen molar-refractivity contribution in [1.29, 1.82) is 0 Å². The summed E-state index contributed by atoms with van der Waals surface area (Å²) < 4.78 is 7.11. The van der Waals surface area contributed by atoms with Crippen LogP contribution >= 0.6 is 15.9 Å². The fourth-order valence-electron chi connectivity index (χ4n) is 3.04. The van der Waals surface area contributed by atoms with Crippen LogP contribution in [0.5, 0.6) is 11.6 Å². The van der Waals surface area contributed by atoms with Crippen molar-refractivity contribution in [1.82, 2.24) is 10.3 Å². The number of aromatic nitrogens is 1. The molecule has 0 bridgehead atoms. The Balaban J connectivity index is 1.74. The van der Waals surface area contributed by atoms with E-state index in [1.54, 1.807) is 18.3 Å². The zero-order valence-electron chi connectivity index (χ0n) is 17.6. The Morgan fingerprint density at radius 2 is 1.73 bits per heavy atom. The van der Waals surface area contributed by atoms with E-state index in [9.17, 15) is 4.79 Å². The van der Waals surface area contributed by atoms with Gasteiger partial charge in [-0.3, -0.25) is 0 Å². The molecule has 2 N–H and O–H groups in total. The molecule has 0 aliphatic rings. The van der Waals surface area contributed by atoms with Gasteiger partial charge in [0.15, 0.2) is 0 Å². The molecule has 0 aliphatic heterocycles. The second-order valence-electron chi connectivity index (χ2n) is 8.08. The lowest BCUT2D eigenvalue weighted by Crippen LogP contribution is -2.31. The summed E-state index contributed by atoms with van der Waals surface area (Å²) in [6.45, 7) is 8.32. The van der Waals surface area contributed by atoms with Gasteiger partial charge in [0.25, 0.3) is 0 Å². The number of hydrogen-bond donors (Lipinski definition) is 2. The second-order valence-corrected chi connectivity index (χ2v) is 8.99. The second kappa shape index (κ2) is 9.30. The number of nitrogens with zero attached hydrogens (tertiary/aromatic N) is 1. The van der Waals surface area contributed by atoms with Crippen LogP contribution in [0.2, 0.25) is 0 Å². The highest BCUT2D eigenvalue weighted by molar-refractivity contribution is 9.10. The van der Waals surface area contributed by atoms with Crippen molar-refractivity contribution < 1.29 is 9.53 Å². The number of nitrogens with one attached hydrogen (secondary N) is 2. The van der Waals surface area contributed by atoms with E-state index in [1.807, 2.05) is 55.5 Å². The molecule has 156 valence electrons. The van der Waals surface area contributed by atoms with E-state index in [1.165, 1.54) is 0 Å². The van der Waals surface area contributed by atoms with Crippen LogP contribution in [0.25, 0.3) is 0 Å². The van der Waals surface area contributed by atoms with Crippen LogP contribution in [0.4, 0.5) is 10.5 Å². The van der Waals surface area contributed by atoms with Crippen LogP contribution in [0, 0.1) is 0 Å². The van der Waals surface area contributed by atoms with E-state index in [0.29, 0.717) is 11.6 Å². The van der Waals surface area contributed by atoms with Crippen LogP contribution in [0.15, 0.2) is 71.3 Å². The van der Waals surface area contributed by atoms with Crippen molar-refractivity contribution >= 4 is 27.6 Å². The Hall–Kier alpha value is -2.86. The molecule has 1 aromatic heterocycles. The normalized spacial score (nSPS) is 12.2. The number of anilines is 1. The molecule has 30 heavy (non-hydrogen) atoms. The molecule has 3 rings (SSSR count). The smallest absolute Gasteiger partial charge is 0.319 e. The monoisotopic (exact) mass is 467 g/mol. The van der Waals surface area contributed by atoms with E-state index >= 15 is 0 Å². The molecule has 1 atom stereocenters. The summed E-state index contributed by atoms with van der Waals surface area (Å²) in [5, 5.41) is 5.80. The Bertz CT molecular complexity index is 1010. The van der Waals surface area contributed by atoms with Gasteiger partial charge in [-0.05, 0) is 48.2 Å². The minimum absolute atomic E-state index is 0.0869. The summed E-state index contributed by atoms with van der Waals surface area (Å²) in [4.78, 5) is 16.9. The van der Waals surface area contributed by atoms with Crippen molar-refractivity contribution in [3.63, 3.8) is 0 Å². The van der Waals surface area contributed by atoms with Crippen LogP contribution in [0.1, 0.15) is 44.9 Å². The van der Waals surface area contributed by atoms with E-state index in [-0.39, 0.29) is 17.5 Å². The fourth-order valence-corrected chi connectivity index (χ4v) is 3.30. The Kier molecular flexibility index (Phi) is 6.77. The molecule has 1 unspecified atom stereocenters. The maximum atomic E-state index is 12.6. The number of carbonyl (C=O) groups is 1. The number of pyridine rings is 1. The first-order valence-electron chi connectivity index (χ1n) is 9.79. The van der Waals surface area contributed by atoms with Gasteiger partial charge in [-0.2, -0.15) is 0 Å². The number of amides is 2. The van der Waals surface area contributed by atoms with Gasteiger partial charge < -0.3 is 15.4 Å². The third kappa shape index (κ3) is 5.60. The van der Waals surface area contributed by atoms with Gasteiger partial charge in [0, 0.05) is 16.2 Å². The average molecular weight is 468 g/mol. The molecular weight excluding hydrogens is 442 g/mol. The number of carbonyl (C=O) groups excluding carboxylic acids is 1. The van der Waals surface area contributed by atoms with E-state index in [0.717, 1.165) is 21.3 Å². The first-order chi connectivity index (χ1) is 14.2. The van der Waals surface area contributed by atoms with Gasteiger partial charge in [-0.25, -0.2) is 9.78 Å². The highest BCUT2D eigenvalue weighted by Gasteiger charge is 2.20. The highest BCUT2D eigenvalue weighted by atomic mass is 79.9. The predicted octanol–water partition coefficient (Wildman–Crippen LogP) is 6.82. The predicted molar refractivity (Wildman–Crippen MR) is 124 cm³/mol. The minimum atomic E-state index is -0.327. The molecule has 1 heterocycles. The number of para-hydroxylation sites is 1. The third-order valence-electron chi connectivity index (χ3n) is 4.64. The molecule has 6 heteroatoms. The average Bonchev–Trinajstić information content (AvgIpc) is 2.69. The summed E-state index contributed by atoms with van der Waals surface area (Å²) in [7, 11) is 0. The Morgan fingerprint density at radius 3 is 2.43 bits per heavy atom. The quantitative estimate of drug-likeness (QED) is 0.432.